The highest BCUT2D eigenvalue weighted by Gasteiger charge is 2.16. The van der Waals surface area contributed by atoms with Crippen molar-refractivity contribution in [2.45, 2.75) is 12.5 Å². The normalized spacial score (nSPS) is 20.9. The molecule has 1 N–H and O–H groups in total. The Labute approximate surface area is 107 Å². The molecule has 1 aliphatic rings. The molecule has 1 aliphatic heterocycles. The summed E-state index contributed by atoms with van der Waals surface area (Å²) in [5.41, 5.74) is 0.875. The van der Waals surface area contributed by atoms with E-state index >= 15 is 0 Å². The third kappa shape index (κ3) is 2.34. The van der Waals surface area contributed by atoms with Crippen LogP contribution in [0.4, 0.5) is 0 Å². The number of morpholine rings is 1. The van der Waals surface area contributed by atoms with Crippen LogP contribution in [0.3, 0.4) is 0 Å². The monoisotopic (exact) mass is 296 g/mol. The van der Waals surface area contributed by atoms with Crippen molar-refractivity contribution in [3.63, 3.8) is 0 Å². The van der Waals surface area contributed by atoms with Crippen molar-refractivity contribution in [2.24, 2.45) is 0 Å². The number of pyridine rings is 1. The van der Waals surface area contributed by atoms with Crippen LogP contribution in [0, 0.1) is 0 Å². The van der Waals surface area contributed by atoms with Gasteiger partial charge in [0.05, 0.1) is 13.2 Å². The van der Waals surface area contributed by atoms with Crippen molar-refractivity contribution >= 4 is 21.6 Å². The van der Waals surface area contributed by atoms with E-state index in [2.05, 4.69) is 31.4 Å². The predicted octanol–water partition coefficient (Wildman–Crippen LogP) is 1.02. The molecule has 1 atom stereocenters. The van der Waals surface area contributed by atoms with Gasteiger partial charge in [-0.3, -0.25) is 4.40 Å². The summed E-state index contributed by atoms with van der Waals surface area (Å²) in [5.74, 6) is 0.962. The first kappa shape index (κ1) is 11.1. The first-order valence-corrected chi connectivity index (χ1v) is 6.42. The van der Waals surface area contributed by atoms with Crippen molar-refractivity contribution in [3.05, 3.63) is 28.6 Å². The molecular formula is C11H13BrN4O. The van der Waals surface area contributed by atoms with E-state index in [1.807, 2.05) is 22.7 Å². The summed E-state index contributed by atoms with van der Waals surface area (Å²) in [6, 6.07) is 4.25. The maximum Gasteiger partial charge on any atom is 0.160 e. The van der Waals surface area contributed by atoms with Gasteiger partial charge in [-0.15, -0.1) is 10.2 Å². The summed E-state index contributed by atoms with van der Waals surface area (Å²) >= 11 is 3.46. The van der Waals surface area contributed by atoms with Gasteiger partial charge in [-0.05, 0) is 28.1 Å². The summed E-state index contributed by atoms with van der Waals surface area (Å²) in [6.07, 6.45) is 2.83. The van der Waals surface area contributed by atoms with E-state index in [0.29, 0.717) is 6.04 Å². The molecule has 0 aromatic carbocycles. The Morgan fingerprint density at radius 1 is 1.47 bits per heavy atom. The molecule has 0 amide bonds. The van der Waals surface area contributed by atoms with Gasteiger partial charge in [-0.1, -0.05) is 0 Å². The summed E-state index contributed by atoms with van der Waals surface area (Å²) in [5, 5.41) is 11.8. The number of ether oxygens (including phenoxy) is 1. The SMILES string of the molecule is Brc1ccc2nnc(CC3COCCN3)n2c1. The van der Waals surface area contributed by atoms with Crippen LogP contribution in [0.25, 0.3) is 5.65 Å². The Hall–Kier alpha value is -0.980. The third-order valence-corrected chi connectivity index (χ3v) is 3.33. The van der Waals surface area contributed by atoms with Gasteiger partial charge in [0.1, 0.15) is 5.82 Å². The van der Waals surface area contributed by atoms with Gasteiger partial charge < -0.3 is 10.1 Å². The Kier molecular flexibility index (Phi) is 3.09. The molecule has 90 valence electrons. The fourth-order valence-corrected chi connectivity index (χ4v) is 2.36. The zero-order valence-corrected chi connectivity index (χ0v) is 10.9. The molecule has 2 aromatic heterocycles. The van der Waals surface area contributed by atoms with E-state index in [1.165, 1.54) is 0 Å². The standard InChI is InChI=1S/C11H13BrN4O/c12-8-1-2-10-14-15-11(16(10)6-8)5-9-7-17-4-3-13-9/h1-2,6,9,13H,3-5,7H2. The fraction of sp³-hybridized carbons (Fsp3) is 0.455. The molecular weight excluding hydrogens is 284 g/mol. The van der Waals surface area contributed by atoms with Crippen molar-refractivity contribution < 1.29 is 4.74 Å². The topological polar surface area (TPSA) is 51.5 Å². The molecule has 1 unspecified atom stereocenters. The highest BCUT2D eigenvalue weighted by atomic mass is 79.9. The number of hydrogen-bond acceptors (Lipinski definition) is 4. The molecule has 6 heteroatoms. The first-order chi connectivity index (χ1) is 8.33. The number of nitrogens with zero attached hydrogens (tertiary/aromatic N) is 3. The lowest BCUT2D eigenvalue weighted by Crippen LogP contribution is -2.42. The summed E-state index contributed by atoms with van der Waals surface area (Å²) in [7, 11) is 0. The summed E-state index contributed by atoms with van der Waals surface area (Å²) < 4.78 is 8.48. The molecule has 17 heavy (non-hydrogen) atoms. The molecule has 2 aromatic rings. The van der Waals surface area contributed by atoms with Gasteiger partial charge in [0.2, 0.25) is 0 Å². The van der Waals surface area contributed by atoms with Gasteiger partial charge in [0.25, 0.3) is 0 Å². The molecule has 0 aliphatic carbocycles. The minimum Gasteiger partial charge on any atom is -0.379 e. The molecule has 5 nitrogen and oxygen atoms in total. The molecule has 0 spiro atoms. The van der Waals surface area contributed by atoms with E-state index in [0.717, 1.165) is 42.1 Å². The Morgan fingerprint density at radius 2 is 2.41 bits per heavy atom. The van der Waals surface area contributed by atoms with Crippen molar-refractivity contribution in [3.8, 4) is 0 Å². The largest absolute Gasteiger partial charge is 0.379 e. The summed E-state index contributed by atoms with van der Waals surface area (Å²) in [4.78, 5) is 0. The van der Waals surface area contributed by atoms with Crippen LogP contribution >= 0.6 is 15.9 Å². The molecule has 3 rings (SSSR count). The van der Waals surface area contributed by atoms with Crippen LogP contribution in [0.5, 0.6) is 0 Å². The second kappa shape index (κ2) is 4.72. The van der Waals surface area contributed by atoms with Crippen LogP contribution < -0.4 is 5.32 Å². The van der Waals surface area contributed by atoms with Crippen LogP contribution in [0.15, 0.2) is 22.8 Å². The van der Waals surface area contributed by atoms with E-state index in [9.17, 15) is 0 Å². The Bertz CT molecular complexity index is 521. The zero-order chi connectivity index (χ0) is 11.7. The number of rotatable bonds is 2. The van der Waals surface area contributed by atoms with Gasteiger partial charge >= 0.3 is 0 Å². The average molecular weight is 297 g/mol. The maximum atomic E-state index is 5.44. The highest BCUT2D eigenvalue weighted by molar-refractivity contribution is 9.10. The van der Waals surface area contributed by atoms with Gasteiger partial charge in [0, 0.05) is 29.7 Å². The number of fused-ring (bicyclic) bond motifs is 1. The number of nitrogens with one attached hydrogen (secondary N) is 1. The average Bonchev–Trinajstić information content (AvgIpc) is 2.73. The van der Waals surface area contributed by atoms with Crippen LogP contribution in [0.2, 0.25) is 0 Å². The molecule has 0 bridgehead atoms. The van der Waals surface area contributed by atoms with E-state index < -0.39 is 0 Å². The first-order valence-electron chi connectivity index (χ1n) is 5.63. The molecule has 1 fully saturated rings. The Balaban J connectivity index is 1.86. The minimum atomic E-state index is 0.329. The maximum absolute atomic E-state index is 5.44. The third-order valence-electron chi connectivity index (χ3n) is 2.86. The quantitative estimate of drug-likeness (QED) is 0.899. The number of hydrogen-bond donors (Lipinski definition) is 1. The molecule has 0 saturated carbocycles. The highest BCUT2D eigenvalue weighted by Crippen LogP contribution is 2.13. The number of aromatic nitrogens is 3. The van der Waals surface area contributed by atoms with E-state index in [1.54, 1.807) is 0 Å². The van der Waals surface area contributed by atoms with Crippen LogP contribution in [-0.4, -0.2) is 40.4 Å². The second-order valence-electron chi connectivity index (χ2n) is 4.12. The second-order valence-corrected chi connectivity index (χ2v) is 5.04. The molecule has 1 saturated heterocycles. The Morgan fingerprint density at radius 3 is 3.24 bits per heavy atom. The smallest absolute Gasteiger partial charge is 0.160 e. The summed E-state index contributed by atoms with van der Waals surface area (Å²) in [6.45, 7) is 2.44. The lowest BCUT2D eigenvalue weighted by atomic mass is 10.2. The van der Waals surface area contributed by atoms with Gasteiger partial charge in [0.15, 0.2) is 5.65 Å². The van der Waals surface area contributed by atoms with Gasteiger partial charge in [-0.2, -0.15) is 0 Å². The van der Waals surface area contributed by atoms with E-state index in [4.69, 9.17) is 4.74 Å². The zero-order valence-electron chi connectivity index (χ0n) is 9.27. The van der Waals surface area contributed by atoms with E-state index in [-0.39, 0.29) is 0 Å². The van der Waals surface area contributed by atoms with Gasteiger partial charge in [-0.25, -0.2) is 0 Å². The van der Waals surface area contributed by atoms with Crippen molar-refractivity contribution in [1.29, 1.82) is 0 Å². The van der Waals surface area contributed by atoms with Crippen molar-refractivity contribution in [2.75, 3.05) is 19.8 Å². The van der Waals surface area contributed by atoms with Crippen molar-refractivity contribution in [1.82, 2.24) is 19.9 Å². The van der Waals surface area contributed by atoms with Crippen LogP contribution in [0.1, 0.15) is 5.82 Å². The lowest BCUT2D eigenvalue weighted by molar-refractivity contribution is 0.0763. The number of halogens is 1. The lowest BCUT2D eigenvalue weighted by Gasteiger charge is -2.22. The van der Waals surface area contributed by atoms with Crippen LogP contribution in [-0.2, 0) is 11.2 Å². The fourth-order valence-electron chi connectivity index (χ4n) is 2.02. The molecule has 0 radical (unpaired) electrons. The molecule has 3 heterocycles. The minimum absolute atomic E-state index is 0.329. The predicted molar refractivity (Wildman–Crippen MR) is 67.0 cm³/mol.